The van der Waals surface area contributed by atoms with Crippen LogP contribution in [0.4, 0.5) is 0 Å². The number of aliphatic hydroxyl groups is 1. The number of pyridine rings is 1. The first-order chi connectivity index (χ1) is 16.6. The quantitative estimate of drug-likeness (QED) is 0.515. The third-order valence-corrected chi connectivity index (χ3v) is 10.8. The maximum Gasteiger partial charge on any atom is 0.244 e. The summed E-state index contributed by atoms with van der Waals surface area (Å²) in [7, 11) is -8.57. The summed E-state index contributed by atoms with van der Waals surface area (Å²) in [5.74, 6) is 0. The molecule has 186 valence electrons. The highest BCUT2D eigenvalue weighted by Crippen LogP contribution is 2.37. The number of sulfonamides is 1. The van der Waals surface area contributed by atoms with Gasteiger partial charge in [-0.25, -0.2) is 16.8 Å². The molecule has 2 aromatic carbocycles. The van der Waals surface area contributed by atoms with Crippen LogP contribution in [0.3, 0.4) is 0 Å². The summed E-state index contributed by atoms with van der Waals surface area (Å²) in [5.41, 5.74) is 2.47. The van der Waals surface area contributed by atoms with Gasteiger partial charge in [-0.1, -0.05) is 41.5 Å². The summed E-state index contributed by atoms with van der Waals surface area (Å²) >= 11 is 0. The van der Waals surface area contributed by atoms with Gasteiger partial charge in [-0.15, -0.1) is 0 Å². The van der Waals surface area contributed by atoms with Crippen molar-refractivity contribution in [2.45, 2.75) is 35.1 Å². The van der Waals surface area contributed by atoms with Crippen LogP contribution in [0.25, 0.3) is 0 Å². The fourth-order valence-electron chi connectivity index (χ4n) is 4.35. The number of sulfone groups is 1. The number of rotatable bonds is 7. The van der Waals surface area contributed by atoms with Crippen molar-refractivity contribution in [2.75, 3.05) is 26.2 Å². The van der Waals surface area contributed by atoms with E-state index in [1.54, 1.807) is 36.5 Å². The average molecular weight is 516 g/mol. The Morgan fingerprint density at radius 2 is 1.46 bits per heavy atom. The van der Waals surface area contributed by atoms with E-state index in [2.05, 4.69) is 4.98 Å². The predicted molar refractivity (Wildman–Crippen MR) is 133 cm³/mol. The molecule has 1 saturated heterocycles. The molecule has 4 rings (SSSR count). The molecule has 0 radical (unpaired) electrons. The topological polar surface area (TPSA) is 108 Å². The van der Waals surface area contributed by atoms with Crippen LogP contribution in [0.15, 0.2) is 82.7 Å². The Morgan fingerprint density at radius 3 is 2.00 bits per heavy atom. The van der Waals surface area contributed by atoms with Crippen molar-refractivity contribution < 1.29 is 21.9 Å². The fourth-order valence-corrected chi connectivity index (χ4v) is 8.36. The van der Waals surface area contributed by atoms with Crippen LogP contribution in [0.5, 0.6) is 0 Å². The van der Waals surface area contributed by atoms with Gasteiger partial charge in [0.25, 0.3) is 0 Å². The van der Waals surface area contributed by atoms with E-state index >= 15 is 0 Å². The first kappa shape index (κ1) is 25.5. The molecular formula is C25H29N3O5S2. The molecule has 1 N–H and O–H groups in total. The molecule has 0 spiro atoms. The zero-order chi connectivity index (χ0) is 25.3. The normalized spacial score (nSPS) is 20.1. The number of benzene rings is 2. The van der Waals surface area contributed by atoms with Crippen LogP contribution >= 0.6 is 0 Å². The molecule has 3 aromatic rings. The van der Waals surface area contributed by atoms with Crippen molar-refractivity contribution in [2.24, 2.45) is 0 Å². The highest BCUT2D eigenvalue weighted by molar-refractivity contribution is 7.95. The van der Waals surface area contributed by atoms with Crippen LogP contribution in [-0.2, 0) is 26.4 Å². The average Bonchev–Trinajstić information content (AvgIpc) is 2.85. The maximum absolute atomic E-state index is 14.1. The number of hydrogen-bond acceptors (Lipinski definition) is 7. The molecule has 1 fully saturated rings. The highest BCUT2D eigenvalue weighted by Gasteiger charge is 2.57. The van der Waals surface area contributed by atoms with Crippen molar-refractivity contribution in [3.8, 4) is 0 Å². The third-order valence-electron chi connectivity index (χ3n) is 6.34. The smallest absolute Gasteiger partial charge is 0.244 e. The third kappa shape index (κ3) is 4.76. The van der Waals surface area contributed by atoms with E-state index in [0.717, 1.165) is 21.1 Å². The minimum atomic E-state index is -4.33. The van der Waals surface area contributed by atoms with Gasteiger partial charge in [0.2, 0.25) is 19.9 Å². The van der Waals surface area contributed by atoms with Crippen LogP contribution < -0.4 is 0 Å². The van der Waals surface area contributed by atoms with E-state index in [0.29, 0.717) is 6.54 Å². The summed E-state index contributed by atoms with van der Waals surface area (Å²) in [6.45, 7) is 3.08. The molecule has 1 aliphatic rings. The number of hydrogen-bond donors (Lipinski definition) is 1. The molecule has 0 amide bonds. The molecule has 0 saturated carbocycles. The largest absolute Gasteiger partial charge is 0.393 e. The number of piperazine rings is 1. The maximum atomic E-state index is 14.1. The SMILES string of the molecule is Cc1ccc(S(=O)(=O)N2CCN(Cc3ccccn3)CC2(CO)S(=O)(=O)c2ccc(C)cc2)cc1. The molecule has 0 aliphatic carbocycles. The summed E-state index contributed by atoms with van der Waals surface area (Å²) in [5, 5.41) is 10.7. The number of aliphatic hydroxyl groups excluding tert-OH is 1. The molecule has 35 heavy (non-hydrogen) atoms. The lowest BCUT2D eigenvalue weighted by molar-refractivity contribution is 0.0595. The Hall–Kier alpha value is -2.63. The van der Waals surface area contributed by atoms with E-state index in [4.69, 9.17) is 0 Å². The van der Waals surface area contributed by atoms with Gasteiger partial charge in [0.1, 0.15) is 0 Å². The van der Waals surface area contributed by atoms with Gasteiger partial charge in [-0.2, -0.15) is 4.31 Å². The van der Waals surface area contributed by atoms with Crippen molar-refractivity contribution in [1.29, 1.82) is 0 Å². The molecule has 0 bridgehead atoms. The standard InChI is InChI=1S/C25H29N3O5S2/c1-20-6-10-23(11-7-20)34(30,31)25(19-29)18-27(17-22-5-3-4-14-26-22)15-16-28(25)35(32,33)24-12-8-21(2)9-13-24/h3-14,29H,15-19H2,1-2H3. The lowest BCUT2D eigenvalue weighted by Gasteiger charge is -2.47. The van der Waals surface area contributed by atoms with Gasteiger partial charge in [-0.05, 0) is 50.2 Å². The molecular weight excluding hydrogens is 486 g/mol. The Balaban J connectivity index is 1.83. The lowest BCUT2D eigenvalue weighted by Crippen LogP contribution is -2.68. The number of nitrogens with zero attached hydrogens (tertiary/aromatic N) is 3. The Morgan fingerprint density at radius 1 is 0.857 bits per heavy atom. The summed E-state index contributed by atoms with van der Waals surface area (Å²) in [6.07, 6.45) is 1.65. The number of aromatic nitrogens is 1. The van der Waals surface area contributed by atoms with Crippen molar-refractivity contribution in [3.05, 3.63) is 89.7 Å². The Labute approximate surface area is 206 Å². The predicted octanol–water partition coefficient (Wildman–Crippen LogP) is 2.37. The molecule has 1 aliphatic heterocycles. The van der Waals surface area contributed by atoms with Gasteiger partial charge in [0, 0.05) is 32.4 Å². The minimum Gasteiger partial charge on any atom is -0.393 e. The van der Waals surface area contributed by atoms with Crippen molar-refractivity contribution in [3.63, 3.8) is 0 Å². The molecule has 1 atom stereocenters. The lowest BCUT2D eigenvalue weighted by atomic mass is 10.2. The van der Waals surface area contributed by atoms with E-state index in [1.165, 1.54) is 24.3 Å². The highest BCUT2D eigenvalue weighted by atomic mass is 32.2. The fraction of sp³-hybridized carbons (Fsp3) is 0.320. The first-order valence-electron chi connectivity index (χ1n) is 11.2. The van der Waals surface area contributed by atoms with Crippen LogP contribution in [0.1, 0.15) is 16.8 Å². The van der Waals surface area contributed by atoms with Crippen LogP contribution in [-0.4, -0.2) is 67.2 Å². The number of aryl methyl sites for hydroxylation is 2. The zero-order valence-electron chi connectivity index (χ0n) is 19.7. The van der Waals surface area contributed by atoms with Crippen LogP contribution in [0, 0.1) is 13.8 Å². The van der Waals surface area contributed by atoms with Gasteiger partial charge in [0.05, 0.1) is 22.1 Å². The summed E-state index contributed by atoms with van der Waals surface area (Å²) in [4.78, 5) is 3.97. The van der Waals surface area contributed by atoms with Gasteiger partial charge in [0.15, 0.2) is 4.87 Å². The molecule has 2 heterocycles. The van der Waals surface area contributed by atoms with E-state index in [1.807, 2.05) is 30.9 Å². The second-order valence-corrected chi connectivity index (χ2v) is 12.9. The Bertz CT molecular complexity index is 1380. The van der Waals surface area contributed by atoms with Gasteiger partial charge >= 0.3 is 0 Å². The summed E-state index contributed by atoms with van der Waals surface area (Å²) in [6, 6.07) is 17.9. The first-order valence-corrected chi connectivity index (χ1v) is 14.2. The van der Waals surface area contributed by atoms with E-state index in [9.17, 15) is 21.9 Å². The van der Waals surface area contributed by atoms with Crippen molar-refractivity contribution in [1.82, 2.24) is 14.2 Å². The van der Waals surface area contributed by atoms with Gasteiger partial charge < -0.3 is 5.11 Å². The Kier molecular flexibility index (Phi) is 7.12. The van der Waals surface area contributed by atoms with E-state index in [-0.39, 0.29) is 29.4 Å². The summed E-state index contributed by atoms with van der Waals surface area (Å²) < 4.78 is 56.7. The monoisotopic (exact) mass is 515 g/mol. The molecule has 1 aromatic heterocycles. The zero-order valence-corrected chi connectivity index (χ0v) is 21.3. The van der Waals surface area contributed by atoms with Gasteiger partial charge in [-0.3, -0.25) is 9.88 Å². The second kappa shape index (κ2) is 9.79. The molecule has 10 heteroatoms. The van der Waals surface area contributed by atoms with Crippen molar-refractivity contribution >= 4 is 19.9 Å². The van der Waals surface area contributed by atoms with Crippen LogP contribution in [0.2, 0.25) is 0 Å². The van der Waals surface area contributed by atoms with E-state index < -0.39 is 31.3 Å². The second-order valence-electron chi connectivity index (χ2n) is 8.84. The minimum absolute atomic E-state index is 0.0155. The molecule has 8 nitrogen and oxygen atoms in total. The molecule has 1 unspecified atom stereocenters.